The molecule has 2 aliphatic heterocycles. The highest BCUT2D eigenvalue weighted by Gasteiger charge is 2.48. The molecule has 13 heavy (non-hydrogen) atoms. The summed E-state index contributed by atoms with van der Waals surface area (Å²) in [4.78, 5) is 8.16. The summed E-state index contributed by atoms with van der Waals surface area (Å²) in [5.74, 6) is 0. The first-order valence-electron chi connectivity index (χ1n) is 4.53. The molecule has 0 aromatic carbocycles. The van der Waals surface area contributed by atoms with E-state index in [0.29, 0.717) is 6.04 Å². The Labute approximate surface area is 76.3 Å². The normalized spacial score (nSPS) is 36.8. The van der Waals surface area contributed by atoms with Crippen LogP contribution in [0.5, 0.6) is 0 Å². The van der Waals surface area contributed by atoms with Gasteiger partial charge >= 0.3 is 0 Å². The number of fused-ring (bicyclic) bond motifs is 2. The molecular weight excluding hydrogens is 166 g/mol. The van der Waals surface area contributed by atoms with Gasteiger partial charge in [0.25, 0.3) is 0 Å². The number of morpholine rings is 1. The summed E-state index contributed by atoms with van der Waals surface area (Å²) in [6.07, 6.45) is 4.40. The molecule has 68 valence electrons. The van der Waals surface area contributed by atoms with E-state index in [2.05, 4.69) is 15.3 Å². The van der Waals surface area contributed by atoms with Crippen LogP contribution in [-0.2, 0) is 10.3 Å². The van der Waals surface area contributed by atoms with Crippen molar-refractivity contribution in [2.75, 3.05) is 13.2 Å². The van der Waals surface area contributed by atoms with Crippen LogP contribution in [0.4, 0.5) is 0 Å². The second kappa shape index (κ2) is 2.49. The van der Waals surface area contributed by atoms with Crippen molar-refractivity contribution in [1.29, 1.82) is 0 Å². The van der Waals surface area contributed by atoms with Crippen molar-refractivity contribution in [2.45, 2.75) is 18.1 Å². The molecule has 0 spiro atoms. The maximum absolute atomic E-state index is 5.77. The Morgan fingerprint density at radius 1 is 1.62 bits per heavy atom. The van der Waals surface area contributed by atoms with Gasteiger partial charge in [-0.05, 0) is 6.07 Å². The predicted molar refractivity (Wildman–Crippen MR) is 46.1 cm³/mol. The van der Waals surface area contributed by atoms with E-state index in [1.54, 1.807) is 12.5 Å². The molecule has 0 saturated carbocycles. The van der Waals surface area contributed by atoms with E-state index in [9.17, 15) is 0 Å². The average Bonchev–Trinajstić information content (AvgIpc) is 2.80. The van der Waals surface area contributed by atoms with E-state index in [0.717, 1.165) is 25.3 Å². The fourth-order valence-electron chi connectivity index (χ4n) is 2.17. The molecule has 2 atom stereocenters. The molecule has 1 N–H and O–H groups in total. The first-order chi connectivity index (χ1) is 6.39. The van der Waals surface area contributed by atoms with Crippen LogP contribution in [0.25, 0.3) is 0 Å². The third kappa shape index (κ3) is 0.990. The number of hydrogen-bond donors (Lipinski definition) is 1. The number of aromatic nitrogens is 2. The standard InChI is InChI=1S/C9H11N3O/c1-2-10-6-12-8(1)9-3-7(4-13-9)11-5-9/h1-2,6-7,11H,3-5H2. The van der Waals surface area contributed by atoms with Crippen LogP contribution in [0.1, 0.15) is 12.1 Å². The highest BCUT2D eigenvalue weighted by Crippen LogP contribution is 2.38. The third-order valence-corrected chi connectivity index (χ3v) is 2.86. The fourth-order valence-corrected chi connectivity index (χ4v) is 2.17. The molecule has 4 nitrogen and oxygen atoms in total. The number of nitrogens with one attached hydrogen (secondary N) is 1. The maximum atomic E-state index is 5.77. The zero-order valence-corrected chi connectivity index (χ0v) is 7.23. The minimum absolute atomic E-state index is 0.159. The Kier molecular flexibility index (Phi) is 1.42. The van der Waals surface area contributed by atoms with Crippen LogP contribution < -0.4 is 5.32 Å². The highest BCUT2D eigenvalue weighted by atomic mass is 16.5. The molecule has 3 rings (SSSR count). The van der Waals surface area contributed by atoms with Gasteiger partial charge < -0.3 is 10.1 Å². The summed E-state index contributed by atoms with van der Waals surface area (Å²) >= 11 is 0. The maximum Gasteiger partial charge on any atom is 0.124 e. The summed E-state index contributed by atoms with van der Waals surface area (Å²) in [6.45, 7) is 1.69. The average molecular weight is 177 g/mol. The zero-order chi connectivity index (χ0) is 8.73. The van der Waals surface area contributed by atoms with E-state index in [1.807, 2.05) is 6.07 Å². The van der Waals surface area contributed by atoms with Crippen LogP contribution in [-0.4, -0.2) is 29.2 Å². The number of ether oxygens (including phenoxy) is 1. The van der Waals surface area contributed by atoms with Crippen molar-refractivity contribution in [2.24, 2.45) is 0 Å². The predicted octanol–water partition coefficient (Wildman–Crippen LogP) is 0.0640. The Morgan fingerprint density at radius 2 is 2.62 bits per heavy atom. The lowest BCUT2D eigenvalue weighted by molar-refractivity contribution is -0.0129. The second-order valence-electron chi connectivity index (χ2n) is 3.68. The first-order valence-corrected chi connectivity index (χ1v) is 4.53. The molecule has 2 aliphatic rings. The van der Waals surface area contributed by atoms with Crippen molar-refractivity contribution in [3.63, 3.8) is 0 Å². The van der Waals surface area contributed by atoms with E-state index in [4.69, 9.17) is 4.74 Å². The fraction of sp³-hybridized carbons (Fsp3) is 0.556. The highest BCUT2D eigenvalue weighted by molar-refractivity contribution is 5.18. The van der Waals surface area contributed by atoms with E-state index < -0.39 is 0 Å². The molecule has 0 aliphatic carbocycles. The number of nitrogens with zero attached hydrogens (tertiary/aromatic N) is 2. The van der Waals surface area contributed by atoms with Crippen molar-refractivity contribution in [3.05, 3.63) is 24.3 Å². The molecule has 1 aromatic heterocycles. The smallest absolute Gasteiger partial charge is 0.124 e. The Balaban J connectivity index is 2.00. The molecule has 2 bridgehead atoms. The van der Waals surface area contributed by atoms with Crippen LogP contribution in [0.15, 0.2) is 18.6 Å². The van der Waals surface area contributed by atoms with Gasteiger partial charge in [-0.2, -0.15) is 0 Å². The van der Waals surface area contributed by atoms with Gasteiger partial charge in [0.05, 0.1) is 12.3 Å². The van der Waals surface area contributed by atoms with E-state index in [-0.39, 0.29) is 5.60 Å². The minimum atomic E-state index is -0.159. The molecule has 4 heteroatoms. The molecule has 0 amide bonds. The largest absolute Gasteiger partial charge is 0.366 e. The summed E-state index contributed by atoms with van der Waals surface area (Å²) in [5, 5.41) is 3.41. The lowest BCUT2D eigenvalue weighted by atomic mass is 9.98. The Bertz CT molecular complexity index is 306. The van der Waals surface area contributed by atoms with Gasteiger partial charge in [-0.15, -0.1) is 0 Å². The SMILES string of the molecule is c1cc(C23CNC(CO2)C3)ncn1. The van der Waals surface area contributed by atoms with Crippen molar-refractivity contribution >= 4 is 0 Å². The van der Waals surface area contributed by atoms with Gasteiger partial charge in [-0.3, -0.25) is 0 Å². The quantitative estimate of drug-likeness (QED) is 0.659. The van der Waals surface area contributed by atoms with Crippen LogP contribution in [0, 0.1) is 0 Å². The summed E-state index contributed by atoms with van der Waals surface area (Å²) in [7, 11) is 0. The van der Waals surface area contributed by atoms with Crippen LogP contribution in [0.3, 0.4) is 0 Å². The summed E-state index contributed by atoms with van der Waals surface area (Å²) in [5.41, 5.74) is 0.850. The molecule has 3 heterocycles. The number of rotatable bonds is 1. The monoisotopic (exact) mass is 177 g/mol. The topological polar surface area (TPSA) is 47.0 Å². The Morgan fingerprint density at radius 3 is 3.15 bits per heavy atom. The summed E-state index contributed by atoms with van der Waals surface area (Å²) < 4.78 is 5.77. The van der Waals surface area contributed by atoms with Crippen LogP contribution >= 0.6 is 0 Å². The van der Waals surface area contributed by atoms with Gasteiger partial charge in [0.1, 0.15) is 11.9 Å². The van der Waals surface area contributed by atoms with E-state index >= 15 is 0 Å². The van der Waals surface area contributed by atoms with E-state index in [1.165, 1.54) is 0 Å². The Hall–Kier alpha value is -1.00. The van der Waals surface area contributed by atoms with Crippen molar-refractivity contribution in [3.8, 4) is 0 Å². The third-order valence-electron chi connectivity index (χ3n) is 2.86. The first kappa shape index (κ1) is 7.41. The lowest BCUT2D eigenvalue weighted by Gasteiger charge is -2.25. The lowest BCUT2D eigenvalue weighted by Crippen LogP contribution is -2.37. The zero-order valence-electron chi connectivity index (χ0n) is 7.23. The van der Waals surface area contributed by atoms with Gasteiger partial charge in [-0.25, -0.2) is 9.97 Å². The molecule has 0 radical (unpaired) electrons. The molecular formula is C9H11N3O. The molecule has 2 unspecified atom stereocenters. The minimum Gasteiger partial charge on any atom is -0.366 e. The summed E-state index contributed by atoms with van der Waals surface area (Å²) in [6, 6.07) is 2.46. The van der Waals surface area contributed by atoms with Gasteiger partial charge in [0.15, 0.2) is 0 Å². The van der Waals surface area contributed by atoms with Gasteiger partial charge in [0, 0.05) is 25.2 Å². The van der Waals surface area contributed by atoms with Gasteiger partial charge in [0.2, 0.25) is 0 Å². The van der Waals surface area contributed by atoms with Crippen LogP contribution in [0.2, 0.25) is 0 Å². The molecule has 1 aromatic rings. The molecule has 2 saturated heterocycles. The number of hydrogen-bond acceptors (Lipinski definition) is 4. The van der Waals surface area contributed by atoms with Gasteiger partial charge in [-0.1, -0.05) is 0 Å². The van der Waals surface area contributed by atoms with Crippen molar-refractivity contribution < 1.29 is 4.74 Å². The second-order valence-corrected chi connectivity index (χ2v) is 3.68. The van der Waals surface area contributed by atoms with Crippen molar-refractivity contribution in [1.82, 2.24) is 15.3 Å². The molecule has 2 fully saturated rings.